The van der Waals surface area contributed by atoms with Crippen LogP contribution in [-0.2, 0) is 22.7 Å². The van der Waals surface area contributed by atoms with Gasteiger partial charge in [-0.15, -0.1) is 0 Å². The number of amides is 1. The van der Waals surface area contributed by atoms with Crippen molar-refractivity contribution < 1.29 is 19.4 Å². The molecule has 1 unspecified atom stereocenters. The van der Waals surface area contributed by atoms with Crippen molar-refractivity contribution in [2.45, 2.75) is 44.4 Å². The average molecular weight is 343 g/mol. The number of benzene rings is 1. The first kappa shape index (κ1) is 17.0. The first-order valence-electron chi connectivity index (χ1n) is 8.21. The van der Waals surface area contributed by atoms with Gasteiger partial charge in [-0.1, -0.05) is 30.3 Å². The van der Waals surface area contributed by atoms with Crippen LogP contribution in [0.25, 0.3) is 0 Å². The lowest BCUT2D eigenvalue weighted by molar-refractivity contribution is -0.144. The molecule has 0 bridgehead atoms. The Morgan fingerprint density at radius 1 is 1.36 bits per heavy atom. The highest BCUT2D eigenvalue weighted by atomic mass is 16.5. The van der Waals surface area contributed by atoms with Gasteiger partial charge in [0.05, 0.1) is 12.7 Å². The molecule has 0 aliphatic heterocycles. The van der Waals surface area contributed by atoms with Gasteiger partial charge in [-0.05, 0) is 36.8 Å². The lowest BCUT2D eigenvalue weighted by atomic mass is 10.0. The van der Waals surface area contributed by atoms with Gasteiger partial charge in [0.15, 0.2) is 5.54 Å². The van der Waals surface area contributed by atoms with Crippen LogP contribution in [0.4, 0.5) is 4.79 Å². The number of carbonyl (C=O) groups is 2. The van der Waals surface area contributed by atoms with Crippen molar-refractivity contribution in [1.29, 1.82) is 0 Å². The maximum atomic E-state index is 12.0. The Balaban J connectivity index is 1.60. The number of aliphatic carboxylic acids is 1. The minimum atomic E-state index is -1.51. The Labute approximate surface area is 145 Å². The van der Waals surface area contributed by atoms with Crippen LogP contribution in [0, 0.1) is 0 Å². The van der Waals surface area contributed by atoms with Gasteiger partial charge < -0.3 is 15.2 Å². The van der Waals surface area contributed by atoms with Gasteiger partial charge in [-0.2, -0.15) is 5.10 Å². The molecule has 132 valence electrons. The molecule has 1 aliphatic rings. The van der Waals surface area contributed by atoms with E-state index in [0.29, 0.717) is 5.92 Å². The maximum absolute atomic E-state index is 12.0. The quantitative estimate of drug-likeness (QED) is 0.806. The SMILES string of the molecule is CC(Cn1cc(C2CC2)cn1)(NC(=O)OCc1ccccc1)C(=O)O. The number of ether oxygens (including phenoxy) is 1. The van der Waals surface area contributed by atoms with Gasteiger partial charge in [-0.3, -0.25) is 4.68 Å². The lowest BCUT2D eigenvalue weighted by Gasteiger charge is -2.25. The van der Waals surface area contributed by atoms with E-state index in [1.165, 1.54) is 6.92 Å². The number of hydrogen-bond acceptors (Lipinski definition) is 4. The Bertz CT molecular complexity index is 755. The predicted molar refractivity (Wildman–Crippen MR) is 90.0 cm³/mol. The molecule has 7 heteroatoms. The summed E-state index contributed by atoms with van der Waals surface area (Å²) in [5.74, 6) is -0.610. The predicted octanol–water partition coefficient (Wildman–Crippen LogP) is 2.53. The molecule has 0 radical (unpaired) electrons. The van der Waals surface area contributed by atoms with Crippen LogP contribution in [0.3, 0.4) is 0 Å². The van der Waals surface area contributed by atoms with Crippen LogP contribution in [0.2, 0.25) is 0 Å². The number of carboxylic acid groups (broad SMARTS) is 1. The summed E-state index contributed by atoms with van der Waals surface area (Å²) in [6.07, 6.45) is 5.12. The normalized spacial score (nSPS) is 16.0. The van der Waals surface area contributed by atoms with Gasteiger partial charge in [0, 0.05) is 6.20 Å². The molecule has 7 nitrogen and oxygen atoms in total. The summed E-state index contributed by atoms with van der Waals surface area (Å²) in [5.41, 5.74) is 0.427. The van der Waals surface area contributed by atoms with E-state index >= 15 is 0 Å². The molecular formula is C18H21N3O4. The van der Waals surface area contributed by atoms with Gasteiger partial charge in [0.1, 0.15) is 6.61 Å². The zero-order valence-corrected chi connectivity index (χ0v) is 14.0. The van der Waals surface area contributed by atoms with E-state index < -0.39 is 17.6 Å². The van der Waals surface area contributed by atoms with E-state index in [1.807, 2.05) is 36.5 Å². The number of carboxylic acids is 1. The number of nitrogens with zero attached hydrogens (tertiary/aromatic N) is 2. The van der Waals surface area contributed by atoms with Crippen molar-refractivity contribution in [3.63, 3.8) is 0 Å². The Morgan fingerprint density at radius 3 is 2.72 bits per heavy atom. The highest BCUT2D eigenvalue weighted by Crippen LogP contribution is 2.39. The first-order valence-corrected chi connectivity index (χ1v) is 8.21. The second-order valence-electron chi connectivity index (χ2n) is 6.57. The first-order chi connectivity index (χ1) is 12.0. The molecule has 1 heterocycles. The number of aromatic nitrogens is 2. The summed E-state index contributed by atoms with van der Waals surface area (Å²) < 4.78 is 6.68. The van der Waals surface area contributed by atoms with Crippen molar-refractivity contribution in [2.75, 3.05) is 0 Å². The van der Waals surface area contributed by atoms with Gasteiger partial charge >= 0.3 is 12.1 Å². The van der Waals surface area contributed by atoms with Gasteiger partial charge in [-0.25, -0.2) is 9.59 Å². The zero-order valence-electron chi connectivity index (χ0n) is 14.0. The minimum Gasteiger partial charge on any atom is -0.479 e. The van der Waals surface area contributed by atoms with Crippen LogP contribution in [0.1, 0.15) is 36.8 Å². The standard InChI is InChI=1S/C18H21N3O4/c1-18(16(22)23,12-21-10-15(9-19-21)14-7-8-14)20-17(24)25-11-13-5-3-2-4-6-13/h2-6,9-10,14H,7-8,11-12H2,1H3,(H,20,24)(H,22,23). The lowest BCUT2D eigenvalue weighted by Crippen LogP contribution is -2.55. The summed E-state index contributed by atoms with van der Waals surface area (Å²) >= 11 is 0. The second kappa shape index (κ2) is 6.96. The number of hydrogen-bond donors (Lipinski definition) is 2. The zero-order chi connectivity index (χ0) is 17.9. The van der Waals surface area contributed by atoms with E-state index in [-0.39, 0.29) is 13.2 Å². The molecule has 2 N–H and O–H groups in total. The molecule has 1 saturated carbocycles. The van der Waals surface area contributed by atoms with Crippen molar-refractivity contribution in [3.05, 3.63) is 53.9 Å². The summed E-state index contributed by atoms with van der Waals surface area (Å²) in [4.78, 5) is 23.7. The summed E-state index contributed by atoms with van der Waals surface area (Å²) in [6, 6.07) is 9.20. The van der Waals surface area contributed by atoms with E-state index in [2.05, 4.69) is 10.4 Å². The van der Waals surface area contributed by atoms with E-state index in [1.54, 1.807) is 10.9 Å². The molecule has 25 heavy (non-hydrogen) atoms. The van der Waals surface area contributed by atoms with Crippen molar-refractivity contribution in [3.8, 4) is 0 Å². The molecule has 1 aliphatic carbocycles. The largest absolute Gasteiger partial charge is 0.479 e. The van der Waals surface area contributed by atoms with E-state index in [4.69, 9.17) is 4.74 Å². The summed E-state index contributed by atoms with van der Waals surface area (Å²) in [6.45, 7) is 1.54. The molecule has 2 aromatic rings. The van der Waals surface area contributed by atoms with Crippen LogP contribution in [0.15, 0.2) is 42.7 Å². The fourth-order valence-electron chi connectivity index (χ4n) is 2.56. The summed E-state index contributed by atoms with van der Waals surface area (Å²) in [7, 11) is 0. The van der Waals surface area contributed by atoms with Crippen LogP contribution >= 0.6 is 0 Å². The molecule has 3 rings (SSSR count). The Hall–Kier alpha value is -2.83. The molecule has 1 aromatic heterocycles. The van der Waals surface area contributed by atoms with Crippen molar-refractivity contribution >= 4 is 12.1 Å². The maximum Gasteiger partial charge on any atom is 0.408 e. The smallest absolute Gasteiger partial charge is 0.408 e. The monoisotopic (exact) mass is 343 g/mol. The third-order valence-electron chi connectivity index (χ3n) is 4.24. The highest BCUT2D eigenvalue weighted by Gasteiger charge is 2.37. The van der Waals surface area contributed by atoms with Crippen LogP contribution < -0.4 is 5.32 Å². The van der Waals surface area contributed by atoms with E-state index in [0.717, 1.165) is 24.0 Å². The van der Waals surface area contributed by atoms with Crippen molar-refractivity contribution in [2.24, 2.45) is 0 Å². The number of nitrogens with one attached hydrogen (secondary N) is 1. The van der Waals surface area contributed by atoms with Crippen LogP contribution in [0.5, 0.6) is 0 Å². The molecule has 1 aromatic carbocycles. The molecule has 1 atom stereocenters. The average Bonchev–Trinajstić information content (AvgIpc) is 3.34. The summed E-state index contributed by atoms with van der Waals surface area (Å²) in [5, 5.41) is 16.2. The van der Waals surface area contributed by atoms with Gasteiger partial charge in [0.25, 0.3) is 0 Å². The minimum absolute atomic E-state index is 0.0233. The second-order valence-corrected chi connectivity index (χ2v) is 6.57. The fourth-order valence-corrected chi connectivity index (χ4v) is 2.56. The number of carbonyl (C=O) groups excluding carboxylic acids is 1. The topological polar surface area (TPSA) is 93.5 Å². The number of alkyl carbamates (subject to hydrolysis) is 1. The Kier molecular flexibility index (Phi) is 4.74. The van der Waals surface area contributed by atoms with Crippen LogP contribution in [-0.4, -0.2) is 32.5 Å². The molecule has 1 fully saturated rings. The Morgan fingerprint density at radius 2 is 2.08 bits per heavy atom. The third-order valence-corrected chi connectivity index (χ3v) is 4.24. The molecule has 0 spiro atoms. The highest BCUT2D eigenvalue weighted by molar-refractivity contribution is 5.83. The third kappa shape index (κ3) is 4.37. The van der Waals surface area contributed by atoms with Gasteiger partial charge in [0.2, 0.25) is 0 Å². The van der Waals surface area contributed by atoms with E-state index in [9.17, 15) is 14.7 Å². The molecular weight excluding hydrogens is 322 g/mol. The molecule has 1 amide bonds. The molecule has 0 saturated heterocycles. The fraction of sp³-hybridized carbons (Fsp3) is 0.389. The number of rotatable bonds is 7. The van der Waals surface area contributed by atoms with Crippen molar-refractivity contribution in [1.82, 2.24) is 15.1 Å².